The molecule has 1 aromatic carbocycles. The second-order valence-corrected chi connectivity index (χ2v) is 5.91. The van der Waals surface area contributed by atoms with Gasteiger partial charge in [-0.1, -0.05) is 32.9 Å². The van der Waals surface area contributed by atoms with E-state index in [2.05, 4.69) is 32.9 Å². The van der Waals surface area contributed by atoms with E-state index in [4.69, 9.17) is 10.5 Å². The Hall–Kier alpha value is -1.02. The molecule has 17 heavy (non-hydrogen) atoms. The fourth-order valence-electron chi connectivity index (χ4n) is 2.03. The number of methoxy groups -OCH3 is 1. The zero-order chi connectivity index (χ0) is 12.9. The van der Waals surface area contributed by atoms with Crippen molar-refractivity contribution in [3.8, 4) is 5.75 Å². The lowest BCUT2D eigenvalue weighted by atomic mass is 9.86. The summed E-state index contributed by atoms with van der Waals surface area (Å²) in [6, 6.07) is 8.53. The van der Waals surface area contributed by atoms with E-state index in [0.29, 0.717) is 5.41 Å². The largest absolute Gasteiger partial charge is 0.497 e. The average molecular weight is 235 g/mol. The monoisotopic (exact) mass is 235 g/mol. The normalized spacial score (nSPS) is 13.5. The maximum atomic E-state index is 6.14. The van der Waals surface area contributed by atoms with Crippen molar-refractivity contribution in [3.05, 3.63) is 29.8 Å². The van der Waals surface area contributed by atoms with Crippen molar-refractivity contribution in [2.24, 2.45) is 11.1 Å². The summed E-state index contributed by atoms with van der Waals surface area (Å²) in [5.41, 5.74) is 7.79. The SMILES string of the molecule is COc1ccc(CCC(N)CC(C)(C)C)cc1. The van der Waals surface area contributed by atoms with Crippen LogP contribution in [0.3, 0.4) is 0 Å². The second-order valence-electron chi connectivity index (χ2n) is 5.91. The quantitative estimate of drug-likeness (QED) is 0.849. The van der Waals surface area contributed by atoms with Crippen LogP contribution in [0, 0.1) is 5.41 Å². The van der Waals surface area contributed by atoms with Gasteiger partial charge in [0.15, 0.2) is 0 Å². The molecule has 0 radical (unpaired) electrons. The number of rotatable bonds is 5. The molecule has 2 nitrogen and oxygen atoms in total. The third-order valence-corrected chi connectivity index (χ3v) is 2.84. The van der Waals surface area contributed by atoms with Crippen LogP contribution in [0.2, 0.25) is 0 Å². The summed E-state index contributed by atoms with van der Waals surface area (Å²) in [7, 11) is 1.69. The highest BCUT2D eigenvalue weighted by molar-refractivity contribution is 5.27. The van der Waals surface area contributed by atoms with Crippen LogP contribution in [-0.2, 0) is 6.42 Å². The van der Waals surface area contributed by atoms with Gasteiger partial charge in [0.2, 0.25) is 0 Å². The Bertz CT molecular complexity index is 324. The maximum Gasteiger partial charge on any atom is 0.118 e. The molecule has 1 aromatic rings. The summed E-state index contributed by atoms with van der Waals surface area (Å²) in [4.78, 5) is 0. The molecular formula is C15H25NO. The summed E-state index contributed by atoms with van der Waals surface area (Å²) in [6.45, 7) is 6.71. The molecule has 96 valence electrons. The molecule has 2 heteroatoms. The zero-order valence-electron chi connectivity index (χ0n) is 11.5. The fraction of sp³-hybridized carbons (Fsp3) is 0.600. The van der Waals surface area contributed by atoms with Gasteiger partial charge in [-0.15, -0.1) is 0 Å². The van der Waals surface area contributed by atoms with E-state index in [-0.39, 0.29) is 6.04 Å². The molecule has 0 saturated heterocycles. The van der Waals surface area contributed by atoms with Gasteiger partial charge in [0.1, 0.15) is 5.75 Å². The van der Waals surface area contributed by atoms with Crippen molar-refractivity contribution in [2.75, 3.05) is 7.11 Å². The van der Waals surface area contributed by atoms with Gasteiger partial charge in [0.05, 0.1) is 7.11 Å². The van der Waals surface area contributed by atoms with Crippen LogP contribution in [0.4, 0.5) is 0 Å². The molecular weight excluding hydrogens is 210 g/mol. The van der Waals surface area contributed by atoms with Crippen molar-refractivity contribution in [3.63, 3.8) is 0 Å². The van der Waals surface area contributed by atoms with E-state index < -0.39 is 0 Å². The Labute approximate surface area is 105 Å². The first-order valence-electron chi connectivity index (χ1n) is 6.29. The minimum atomic E-state index is 0.289. The second kappa shape index (κ2) is 6.06. The molecule has 0 aromatic heterocycles. The third-order valence-electron chi connectivity index (χ3n) is 2.84. The van der Waals surface area contributed by atoms with Crippen molar-refractivity contribution in [2.45, 2.75) is 46.1 Å². The molecule has 1 atom stereocenters. The summed E-state index contributed by atoms with van der Waals surface area (Å²) < 4.78 is 5.14. The summed E-state index contributed by atoms with van der Waals surface area (Å²) >= 11 is 0. The summed E-state index contributed by atoms with van der Waals surface area (Å²) in [6.07, 6.45) is 3.16. The highest BCUT2D eigenvalue weighted by Crippen LogP contribution is 2.22. The first-order valence-corrected chi connectivity index (χ1v) is 6.29. The predicted octanol–water partition coefficient (Wildman–Crippen LogP) is 3.39. The lowest BCUT2D eigenvalue weighted by Crippen LogP contribution is -2.26. The van der Waals surface area contributed by atoms with Crippen LogP contribution in [0.15, 0.2) is 24.3 Å². The topological polar surface area (TPSA) is 35.2 Å². The standard InChI is InChI=1S/C15H25NO/c1-15(2,3)11-13(16)8-5-12-6-9-14(17-4)10-7-12/h6-7,9-10,13H,5,8,11,16H2,1-4H3. The van der Waals surface area contributed by atoms with Crippen LogP contribution >= 0.6 is 0 Å². The van der Waals surface area contributed by atoms with Gasteiger partial charge >= 0.3 is 0 Å². The summed E-state index contributed by atoms with van der Waals surface area (Å²) in [5, 5.41) is 0. The Balaban J connectivity index is 2.39. The molecule has 0 fully saturated rings. The molecule has 0 aliphatic heterocycles. The Morgan fingerprint density at radius 2 is 1.76 bits per heavy atom. The Kier molecular flexibility index (Phi) is 5.01. The van der Waals surface area contributed by atoms with Crippen molar-refractivity contribution >= 4 is 0 Å². The molecule has 0 aliphatic carbocycles. The van der Waals surface area contributed by atoms with E-state index >= 15 is 0 Å². The fourth-order valence-corrected chi connectivity index (χ4v) is 2.03. The van der Waals surface area contributed by atoms with E-state index in [9.17, 15) is 0 Å². The van der Waals surface area contributed by atoms with Crippen molar-refractivity contribution in [1.29, 1.82) is 0 Å². The number of hydrogen-bond donors (Lipinski definition) is 1. The van der Waals surface area contributed by atoms with Crippen LogP contribution < -0.4 is 10.5 Å². The van der Waals surface area contributed by atoms with Crippen LogP contribution in [0.1, 0.15) is 39.2 Å². The Morgan fingerprint density at radius 3 is 2.24 bits per heavy atom. The van der Waals surface area contributed by atoms with Crippen LogP contribution in [0.25, 0.3) is 0 Å². The molecule has 1 rings (SSSR count). The maximum absolute atomic E-state index is 6.14. The Morgan fingerprint density at radius 1 is 1.18 bits per heavy atom. The highest BCUT2D eigenvalue weighted by atomic mass is 16.5. The van der Waals surface area contributed by atoms with Gasteiger partial charge in [0, 0.05) is 6.04 Å². The molecule has 0 spiro atoms. The lowest BCUT2D eigenvalue weighted by Gasteiger charge is -2.23. The molecule has 0 heterocycles. The number of hydrogen-bond acceptors (Lipinski definition) is 2. The van der Waals surface area contributed by atoms with Gasteiger partial charge in [0.25, 0.3) is 0 Å². The van der Waals surface area contributed by atoms with E-state index in [1.165, 1.54) is 5.56 Å². The number of benzene rings is 1. The average Bonchev–Trinajstić information content (AvgIpc) is 2.25. The first kappa shape index (κ1) is 14.0. The van der Waals surface area contributed by atoms with Crippen LogP contribution in [0.5, 0.6) is 5.75 Å². The molecule has 0 amide bonds. The zero-order valence-corrected chi connectivity index (χ0v) is 11.5. The number of aryl methyl sites for hydroxylation is 1. The number of nitrogens with two attached hydrogens (primary N) is 1. The molecule has 0 saturated carbocycles. The summed E-state index contributed by atoms with van der Waals surface area (Å²) in [5.74, 6) is 0.910. The third kappa shape index (κ3) is 5.73. The van der Waals surface area contributed by atoms with Crippen molar-refractivity contribution in [1.82, 2.24) is 0 Å². The molecule has 1 unspecified atom stereocenters. The van der Waals surface area contributed by atoms with Crippen LogP contribution in [-0.4, -0.2) is 13.2 Å². The number of ether oxygens (including phenoxy) is 1. The molecule has 0 aliphatic rings. The van der Waals surface area contributed by atoms with Gasteiger partial charge < -0.3 is 10.5 Å². The smallest absolute Gasteiger partial charge is 0.118 e. The minimum absolute atomic E-state index is 0.289. The first-order chi connectivity index (χ1) is 7.90. The lowest BCUT2D eigenvalue weighted by molar-refractivity contribution is 0.331. The highest BCUT2D eigenvalue weighted by Gasteiger charge is 2.15. The van der Waals surface area contributed by atoms with Gasteiger partial charge in [-0.05, 0) is 42.4 Å². The van der Waals surface area contributed by atoms with Gasteiger partial charge in [-0.2, -0.15) is 0 Å². The van der Waals surface area contributed by atoms with Crippen molar-refractivity contribution < 1.29 is 4.74 Å². The van der Waals surface area contributed by atoms with E-state index in [1.807, 2.05) is 12.1 Å². The van der Waals surface area contributed by atoms with Gasteiger partial charge in [-0.3, -0.25) is 0 Å². The predicted molar refractivity (Wildman–Crippen MR) is 73.4 cm³/mol. The van der Waals surface area contributed by atoms with E-state index in [1.54, 1.807) is 7.11 Å². The molecule has 2 N–H and O–H groups in total. The molecule has 0 bridgehead atoms. The van der Waals surface area contributed by atoms with E-state index in [0.717, 1.165) is 25.0 Å². The van der Waals surface area contributed by atoms with Gasteiger partial charge in [-0.25, -0.2) is 0 Å². The minimum Gasteiger partial charge on any atom is -0.497 e.